The van der Waals surface area contributed by atoms with Crippen molar-refractivity contribution < 1.29 is 28.6 Å². The molecule has 0 N–H and O–H groups in total. The number of allylic oxidation sites excluding steroid dienone is 1. The molecule has 3 aliphatic heterocycles. The van der Waals surface area contributed by atoms with Gasteiger partial charge in [0.15, 0.2) is 5.17 Å². The Morgan fingerprint density at radius 3 is 2.58 bits per heavy atom. The molecule has 4 rings (SSSR count). The van der Waals surface area contributed by atoms with Gasteiger partial charge in [-0.2, -0.15) is 0 Å². The molecule has 0 saturated carbocycles. The van der Waals surface area contributed by atoms with Gasteiger partial charge in [0.1, 0.15) is 5.75 Å². The maximum atomic E-state index is 13.4. The summed E-state index contributed by atoms with van der Waals surface area (Å²) in [5.74, 6) is -0.357. The van der Waals surface area contributed by atoms with Crippen LogP contribution < -0.4 is 4.74 Å². The van der Waals surface area contributed by atoms with Gasteiger partial charge in [-0.05, 0) is 63.6 Å². The smallest absolute Gasteiger partial charge is 0.338 e. The monoisotopic (exact) mass is 541 g/mol. The van der Waals surface area contributed by atoms with Crippen LogP contribution in [0.5, 0.6) is 5.75 Å². The Kier molecular flexibility index (Phi) is 8.81. The first-order valence-electron chi connectivity index (χ1n) is 13.0. The minimum atomic E-state index is -0.512. The number of carbonyl (C=O) groups excluding carboxylic acids is 3. The number of fused-ring (bicyclic) bond motifs is 1. The van der Waals surface area contributed by atoms with Gasteiger partial charge < -0.3 is 24.0 Å². The largest absolute Gasteiger partial charge is 0.497 e. The van der Waals surface area contributed by atoms with Crippen molar-refractivity contribution in [2.24, 2.45) is 10.9 Å². The number of amides is 1. The van der Waals surface area contributed by atoms with Crippen LogP contribution in [0.1, 0.15) is 58.6 Å². The molecule has 10 heteroatoms. The van der Waals surface area contributed by atoms with Gasteiger partial charge >= 0.3 is 11.9 Å². The van der Waals surface area contributed by atoms with Crippen molar-refractivity contribution >= 4 is 34.8 Å². The van der Waals surface area contributed by atoms with E-state index in [1.165, 1.54) is 11.8 Å². The Labute approximate surface area is 227 Å². The lowest BCUT2D eigenvalue weighted by Crippen LogP contribution is -2.44. The number of ether oxygens (including phenoxy) is 3. The average Bonchev–Trinajstić information content (AvgIpc) is 3.29. The van der Waals surface area contributed by atoms with Crippen LogP contribution in [-0.2, 0) is 23.9 Å². The normalized spacial score (nSPS) is 21.1. The summed E-state index contributed by atoms with van der Waals surface area (Å²) < 4.78 is 16.1. The number of hydrogen-bond acceptors (Lipinski definition) is 9. The number of carbonyl (C=O) groups is 3. The summed E-state index contributed by atoms with van der Waals surface area (Å²) in [4.78, 5) is 47.4. The number of esters is 2. The lowest BCUT2D eigenvalue weighted by molar-refractivity contribution is -0.151. The van der Waals surface area contributed by atoms with Crippen molar-refractivity contribution in [1.82, 2.24) is 9.80 Å². The summed E-state index contributed by atoms with van der Waals surface area (Å²) in [6, 6.07) is 7.02. The molecule has 0 radical (unpaired) electrons. The van der Waals surface area contributed by atoms with Gasteiger partial charge in [0.05, 0.1) is 49.5 Å². The van der Waals surface area contributed by atoms with Crippen LogP contribution in [0.3, 0.4) is 0 Å². The number of aliphatic imine (C=N–C) groups is 1. The standard InChI is InChI=1S/C28H35N3O6S/c1-6-36-26(33)20-8-7-13-30(15-20)23(32)14-21-16-38-28-29-18(4)24(27(34)37-17(2)3)25(31(21)28)19-9-11-22(35-5)12-10-19/h9-12,16-17,20,25H,6-8,13-15H2,1-5H3. The molecule has 0 spiro atoms. The van der Waals surface area contributed by atoms with E-state index in [-0.39, 0.29) is 30.3 Å². The Morgan fingerprint density at radius 1 is 1.18 bits per heavy atom. The maximum Gasteiger partial charge on any atom is 0.338 e. The summed E-state index contributed by atoms with van der Waals surface area (Å²) in [5, 5.41) is 2.62. The van der Waals surface area contributed by atoms with Crippen LogP contribution in [0, 0.1) is 5.92 Å². The molecule has 0 bridgehead atoms. The fourth-order valence-corrected chi connectivity index (χ4v) is 5.90. The lowest BCUT2D eigenvalue weighted by Gasteiger charge is -2.37. The summed E-state index contributed by atoms with van der Waals surface area (Å²) in [6.45, 7) is 8.49. The van der Waals surface area contributed by atoms with Crippen molar-refractivity contribution in [3.8, 4) is 5.75 Å². The number of benzene rings is 1. The highest BCUT2D eigenvalue weighted by Gasteiger charge is 2.42. The molecule has 38 heavy (non-hydrogen) atoms. The molecule has 3 heterocycles. The lowest BCUT2D eigenvalue weighted by atomic mass is 9.93. The minimum absolute atomic E-state index is 0.0711. The molecular formula is C28H35N3O6S. The minimum Gasteiger partial charge on any atom is -0.497 e. The van der Waals surface area contributed by atoms with Crippen LogP contribution in [0.25, 0.3) is 0 Å². The summed E-state index contributed by atoms with van der Waals surface area (Å²) in [7, 11) is 1.60. The Balaban J connectivity index is 1.61. The quantitative estimate of drug-likeness (QED) is 0.447. The number of methoxy groups -OCH3 is 1. The number of rotatable bonds is 8. The zero-order valence-corrected chi connectivity index (χ0v) is 23.4. The van der Waals surface area contributed by atoms with E-state index >= 15 is 0 Å². The molecule has 1 amide bonds. The predicted octanol–water partition coefficient (Wildman–Crippen LogP) is 4.41. The summed E-state index contributed by atoms with van der Waals surface area (Å²) in [6.07, 6.45) is 1.30. The van der Waals surface area contributed by atoms with Gasteiger partial charge in [-0.25, -0.2) is 9.79 Å². The molecule has 1 aromatic rings. The number of likely N-dealkylation sites (tertiary alicyclic amines) is 1. The topological polar surface area (TPSA) is 97.7 Å². The Bertz CT molecular complexity index is 1170. The van der Waals surface area contributed by atoms with Crippen LogP contribution in [0.2, 0.25) is 0 Å². The van der Waals surface area contributed by atoms with Gasteiger partial charge in [-0.1, -0.05) is 23.9 Å². The zero-order chi connectivity index (χ0) is 27.4. The molecule has 1 saturated heterocycles. The van der Waals surface area contributed by atoms with Crippen molar-refractivity contribution in [3.63, 3.8) is 0 Å². The van der Waals surface area contributed by atoms with E-state index in [2.05, 4.69) is 0 Å². The second-order valence-electron chi connectivity index (χ2n) is 9.73. The molecule has 2 unspecified atom stereocenters. The average molecular weight is 542 g/mol. The van der Waals surface area contributed by atoms with E-state index in [1.54, 1.807) is 18.9 Å². The van der Waals surface area contributed by atoms with Gasteiger partial charge in [0.25, 0.3) is 0 Å². The third-order valence-electron chi connectivity index (χ3n) is 6.72. The molecule has 3 aliphatic rings. The highest BCUT2D eigenvalue weighted by atomic mass is 32.2. The van der Waals surface area contributed by atoms with Crippen molar-refractivity contribution in [2.75, 3.05) is 26.8 Å². The van der Waals surface area contributed by atoms with E-state index in [4.69, 9.17) is 19.2 Å². The number of piperidine rings is 1. The van der Waals surface area contributed by atoms with Crippen molar-refractivity contribution in [3.05, 3.63) is 52.2 Å². The summed E-state index contributed by atoms with van der Waals surface area (Å²) >= 11 is 1.43. The first-order valence-corrected chi connectivity index (χ1v) is 13.8. The Morgan fingerprint density at radius 2 is 1.92 bits per heavy atom. The van der Waals surface area contributed by atoms with Gasteiger partial charge in [0, 0.05) is 18.8 Å². The highest BCUT2D eigenvalue weighted by molar-refractivity contribution is 8.16. The second kappa shape index (κ2) is 12.1. The zero-order valence-electron chi connectivity index (χ0n) is 22.6. The van der Waals surface area contributed by atoms with Gasteiger partial charge in [-0.15, -0.1) is 0 Å². The van der Waals surface area contributed by atoms with Gasteiger partial charge in [-0.3, -0.25) is 9.59 Å². The Hall–Kier alpha value is -3.27. The van der Waals surface area contributed by atoms with E-state index < -0.39 is 12.0 Å². The first-order chi connectivity index (χ1) is 18.2. The molecule has 1 aromatic carbocycles. The number of thioether (sulfide) groups is 1. The molecule has 2 atom stereocenters. The second-order valence-corrected chi connectivity index (χ2v) is 10.6. The van der Waals surface area contributed by atoms with Crippen molar-refractivity contribution in [1.29, 1.82) is 0 Å². The first kappa shape index (κ1) is 27.8. The van der Waals surface area contributed by atoms with Crippen LogP contribution in [0.15, 0.2) is 51.6 Å². The maximum absolute atomic E-state index is 13.4. The van der Waals surface area contributed by atoms with Crippen LogP contribution in [-0.4, -0.2) is 65.7 Å². The predicted molar refractivity (Wildman–Crippen MR) is 145 cm³/mol. The van der Waals surface area contributed by atoms with E-state index in [1.807, 2.05) is 55.3 Å². The summed E-state index contributed by atoms with van der Waals surface area (Å²) in [5.41, 5.74) is 2.63. The number of nitrogens with zero attached hydrogens (tertiary/aromatic N) is 3. The van der Waals surface area contributed by atoms with Crippen LogP contribution >= 0.6 is 11.8 Å². The third-order valence-corrected chi connectivity index (χ3v) is 7.61. The van der Waals surface area contributed by atoms with Crippen molar-refractivity contribution in [2.45, 2.75) is 59.1 Å². The number of hydrogen-bond donors (Lipinski definition) is 0. The molecule has 204 valence electrons. The third kappa shape index (κ3) is 5.90. The number of amidine groups is 1. The molecule has 9 nitrogen and oxygen atoms in total. The van der Waals surface area contributed by atoms with E-state index in [9.17, 15) is 14.4 Å². The molecule has 0 aliphatic carbocycles. The molecule has 0 aromatic heterocycles. The molecule has 1 fully saturated rings. The SMILES string of the molecule is CCOC(=O)C1CCCN(C(=O)CC2=CSC3=NC(C)=C(C(=O)OC(C)C)C(c4ccc(OC)cc4)N23)C1. The fraction of sp³-hybridized carbons (Fsp3) is 0.500. The highest BCUT2D eigenvalue weighted by Crippen LogP contribution is 2.45. The van der Waals surface area contributed by atoms with Crippen LogP contribution in [0.4, 0.5) is 0 Å². The fourth-order valence-electron chi connectivity index (χ4n) is 4.93. The van der Waals surface area contributed by atoms with Gasteiger partial charge in [0.2, 0.25) is 5.91 Å². The van der Waals surface area contributed by atoms with E-state index in [0.29, 0.717) is 41.9 Å². The van der Waals surface area contributed by atoms with E-state index in [0.717, 1.165) is 24.1 Å². The molecular weight excluding hydrogens is 506 g/mol.